The first-order valence-corrected chi connectivity index (χ1v) is 12.5. The fourth-order valence-electron chi connectivity index (χ4n) is 3.80. The molecule has 0 radical (unpaired) electrons. The number of rotatable bonds is 5. The molecule has 1 saturated heterocycles. The highest BCUT2D eigenvalue weighted by Gasteiger charge is 2.33. The molecule has 0 spiro atoms. The molecule has 32 heavy (non-hydrogen) atoms. The van der Waals surface area contributed by atoms with Gasteiger partial charge in [-0.3, -0.25) is 4.79 Å². The highest BCUT2D eigenvalue weighted by atomic mass is 32.2. The van der Waals surface area contributed by atoms with Crippen LogP contribution in [0.4, 0.5) is 10.1 Å². The van der Waals surface area contributed by atoms with Crippen LogP contribution in [0.1, 0.15) is 44.7 Å². The van der Waals surface area contributed by atoms with Crippen LogP contribution in [-0.2, 0) is 10.0 Å². The lowest BCUT2D eigenvalue weighted by Crippen LogP contribution is -2.39. The van der Waals surface area contributed by atoms with E-state index in [0.717, 1.165) is 28.9 Å². The van der Waals surface area contributed by atoms with Crippen molar-refractivity contribution >= 4 is 33.0 Å². The van der Waals surface area contributed by atoms with E-state index in [9.17, 15) is 17.6 Å². The van der Waals surface area contributed by atoms with E-state index in [1.165, 1.54) is 28.6 Å². The summed E-state index contributed by atoms with van der Waals surface area (Å²) in [5, 5.41) is 11.6. The largest absolute Gasteiger partial charge is 0.320 e. The van der Waals surface area contributed by atoms with Crippen LogP contribution in [0.2, 0.25) is 0 Å². The fraction of sp³-hybridized carbons (Fsp3) is 0.318. The first-order valence-electron chi connectivity index (χ1n) is 10.2. The van der Waals surface area contributed by atoms with Crippen LogP contribution in [0, 0.1) is 19.7 Å². The van der Waals surface area contributed by atoms with E-state index in [1.807, 2.05) is 19.9 Å². The highest BCUT2D eigenvalue weighted by molar-refractivity contribution is 7.89. The zero-order chi connectivity index (χ0) is 22.9. The molecule has 4 rings (SSSR count). The Labute approximate surface area is 190 Å². The molecule has 7 nitrogen and oxygen atoms in total. The molecule has 10 heteroatoms. The molecule has 1 amide bonds. The Morgan fingerprint density at radius 3 is 2.50 bits per heavy atom. The summed E-state index contributed by atoms with van der Waals surface area (Å²) in [6.45, 7) is 4.50. The van der Waals surface area contributed by atoms with Gasteiger partial charge in [0.25, 0.3) is 5.91 Å². The molecule has 3 aromatic rings. The number of sulfonamides is 1. The van der Waals surface area contributed by atoms with Crippen molar-refractivity contribution in [2.75, 3.05) is 18.4 Å². The number of carbonyl (C=O) groups excluding carboxylic acids is 1. The molecule has 1 fully saturated rings. The number of nitrogens with zero attached hydrogens (tertiary/aromatic N) is 3. The van der Waals surface area contributed by atoms with Gasteiger partial charge in [0.2, 0.25) is 15.0 Å². The van der Waals surface area contributed by atoms with Gasteiger partial charge in [0, 0.05) is 24.7 Å². The Bertz CT molecular complexity index is 1220. The van der Waals surface area contributed by atoms with Crippen molar-refractivity contribution in [3.63, 3.8) is 0 Å². The van der Waals surface area contributed by atoms with Crippen LogP contribution in [0.5, 0.6) is 0 Å². The van der Waals surface area contributed by atoms with Gasteiger partial charge in [0.05, 0.1) is 4.90 Å². The molecule has 1 aliphatic heterocycles. The molecule has 0 aliphatic carbocycles. The predicted molar refractivity (Wildman–Crippen MR) is 121 cm³/mol. The number of halogens is 1. The molecular formula is C22H23FN4O3S2. The summed E-state index contributed by atoms with van der Waals surface area (Å²) in [5.41, 5.74) is 2.26. The molecule has 2 heterocycles. The van der Waals surface area contributed by atoms with Crippen LogP contribution in [0.3, 0.4) is 0 Å². The minimum absolute atomic E-state index is 0.130. The van der Waals surface area contributed by atoms with Crippen LogP contribution in [0.15, 0.2) is 47.4 Å². The summed E-state index contributed by atoms with van der Waals surface area (Å²) in [7, 11) is -3.62. The fourth-order valence-corrected chi connectivity index (χ4v) is 6.38. The number of benzene rings is 2. The highest BCUT2D eigenvalue weighted by Crippen LogP contribution is 2.32. The van der Waals surface area contributed by atoms with Gasteiger partial charge in [-0.1, -0.05) is 17.4 Å². The maximum absolute atomic E-state index is 13.2. The molecule has 1 atom stereocenters. The minimum atomic E-state index is -3.62. The summed E-state index contributed by atoms with van der Waals surface area (Å²) >= 11 is 1.15. The normalized spacial score (nSPS) is 17.3. The van der Waals surface area contributed by atoms with Gasteiger partial charge in [0.1, 0.15) is 10.8 Å². The van der Waals surface area contributed by atoms with Gasteiger partial charge in [-0.25, -0.2) is 12.8 Å². The third-order valence-electron chi connectivity index (χ3n) is 5.30. The average Bonchev–Trinajstić information content (AvgIpc) is 3.25. The second kappa shape index (κ2) is 9.05. The summed E-state index contributed by atoms with van der Waals surface area (Å²) in [6, 6.07) is 10.8. The smallest absolute Gasteiger partial charge is 0.286 e. The van der Waals surface area contributed by atoms with E-state index in [1.54, 1.807) is 12.1 Å². The Kier molecular flexibility index (Phi) is 6.36. The summed E-state index contributed by atoms with van der Waals surface area (Å²) in [6.07, 6.45) is 1.47. The van der Waals surface area contributed by atoms with E-state index in [4.69, 9.17) is 0 Å². The van der Waals surface area contributed by atoms with Gasteiger partial charge < -0.3 is 5.32 Å². The number of hydrogen-bond acceptors (Lipinski definition) is 6. The van der Waals surface area contributed by atoms with Crippen molar-refractivity contribution < 1.29 is 17.6 Å². The van der Waals surface area contributed by atoms with E-state index in [2.05, 4.69) is 15.5 Å². The Hall–Kier alpha value is -2.69. The van der Waals surface area contributed by atoms with Crippen molar-refractivity contribution in [1.82, 2.24) is 14.5 Å². The molecule has 1 N–H and O–H groups in total. The van der Waals surface area contributed by atoms with Crippen molar-refractivity contribution in [3.8, 4) is 0 Å². The Morgan fingerprint density at radius 1 is 1.12 bits per heavy atom. The number of hydrogen-bond donors (Lipinski definition) is 1. The molecule has 1 unspecified atom stereocenters. The number of aryl methyl sites for hydroxylation is 2. The molecule has 2 aromatic carbocycles. The number of amides is 1. The van der Waals surface area contributed by atoms with Gasteiger partial charge in [-0.05, 0) is 74.2 Å². The number of aromatic nitrogens is 2. The first kappa shape index (κ1) is 22.5. The number of piperidine rings is 1. The van der Waals surface area contributed by atoms with Crippen molar-refractivity contribution in [2.24, 2.45) is 0 Å². The van der Waals surface area contributed by atoms with Crippen molar-refractivity contribution in [2.45, 2.75) is 37.5 Å². The quantitative estimate of drug-likeness (QED) is 0.601. The van der Waals surface area contributed by atoms with Crippen LogP contribution < -0.4 is 5.32 Å². The number of nitrogens with one attached hydrogen (secondary N) is 1. The SMILES string of the molecule is Cc1cc(C)cc(S(=O)(=O)N2CCCC(c3nnc(C(=O)Nc4ccc(F)cc4)s3)C2)c1. The molecule has 0 bridgehead atoms. The number of anilines is 1. The van der Waals surface area contributed by atoms with Gasteiger partial charge in [0.15, 0.2) is 0 Å². The van der Waals surface area contributed by atoms with Crippen LogP contribution in [-0.4, -0.2) is 41.9 Å². The standard InChI is InChI=1S/C22H23FN4O3S2/c1-14-10-15(2)12-19(11-14)32(29,30)27-9-3-4-16(13-27)21-25-26-22(31-21)20(28)24-18-7-5-17(23)6-8-18/h5-8,10-12,16H,3-4,9,13H2,1-2H3,(H,24,28). The topological polar surface area (TPSA) is 92.3 Å². The molecule has 1 aromatic heterocycles. The predicted octanol–water partition coefficient (Wildman–Crippen LogP) is 4.11. The zero-order valence-electron chi connectivity index (χ0n) is 17.7. The van der Waals surface area contributed by atoms with E-state index in [-0.39, 0.29) is 16.7 Å². The first-order chi connectivity index (χ1) is 15.2. The third-order valence-corrected chi connectivity index (χ3v) is 8.23. The lowest BCUT2D eigenvalue weighted by molar-refractivity contribution is 0.102. The van der Waals surface area contributed by atoms with Crippen molar-refractivity contribution in [1.29, 1.82) is 0 Å². The maximum Gasteiger partial charge on any atom is 0.286 e. The van der Waals surface area contributed by atoms with E-state index < -0.39 is 15.9 Å². The molecule has 0 saturated carbocycles. The Balaban J connectivity index is 1.48. The lowest BCUT2D eigenvalue weighted by atomic mass is 10.0. The van der Waals surface area contributed by atoms with Gasteiger partial charge in [-0.15, -0.1) is 10.2 Å². The van der Waals surface area contributed by atoms with Gasteiger partial charge >= 0.3 is 0 Å². The van der Waals surface area contributed by atoms with E-state index >= 15 is 0 Å². The summed E-state index contributed by atoms with van der Waals surface area (Å²) in [5.74, 6) is -0.955. The van der Waals surface area contributed by atoms with Gasteiger partial charge in [-0.2, -0.15) is 4.31 Å². The van der Waals surface area contributed by atoms with Crippen LogP contribution >= 0.6 is 11.3 Å². The summed E-state index contributed by atoms with van der Waals surface area (Å²) in [4.78, 5) is 12.8. The zero-order valence-corrected chi connectivity index (χ0v) is 19.3. The Morgan fingerprint density at radius 2 is 1.81 bits per heavy atom. The van der Waals surface area contributed by atoms with Crippen molar-refractivity contribution in [3.05, 3.63) is 69.4 Å². The molecular weight excluding hydrogens is 451 g/mol. The molecule has 1 aliphatic rings. The van der Waals surface area contributed by atoms with Crippen LogP contribution in [0.25, 0.3) is 0 Å². The summed E-state index contributed by atoms with van der Waals surface area (Å²) < 4.78 is 41.0. The lowest BCUT2D eigenvalue weighted by Gasteiger charge is -2.30. The minimum Gasteiger partial charge on any atom is -0.320 e. The average molecular weight is 475 g/mol. The maximum atomic E-state index is 13.2. The number of carbonyl (C=O) groups is 1. The second-order valence-electron chi connectivity index (χ2n) is 7.93. The molecule has 168 valence electrons. The van der Waals surface area contributed by atoms with E-state index in [0.29, 0.717) is 35.1 Å². The second-order valence-corrected chi connectivity index (χ2v) is 10.9. The monoisotopic (exact) mass is 474 g/mol. The third kappa shape index (κ3) is 4.87.